The topological polar surface area (TPSA) is 60.5 Å². The molecule has 1 N–H and O–H groups in total. The zero-order valence-electron chi connectivity index (χ0n) is 9.61. The van der Waals surface area contributed by atoms with Gasteiger partial charge in [-0.25, -0.2) is 4.98 Å². The van der Waals surface area contributed by atoms with Crippen LogP contribution in [0.25, 0.3) is 0 Å². The maximum Gasteiger partial charge on any atom is 0.257 e. The number of nitrogens with one attached hydrogen (secondary N) is 1. The van der Waals surface area contributed by atoms with Crippen molar-refractivity contribution in [3.63, 3.8) is 0 Å². The molecule has 94 valence electrons. The Morgan fingerprint density at radius 1 is 1.59 bits per heavy atom. The number of pyridine rings is 1. The van der Waals surface area contributed by atoms with Crippen molar-refractivity contribution in [1.29, 1.82) is 0 Å². The fourth-order valence-corrected chi connectivity index (χ4v) is 1.12. The minimum absolute atomic E-state index is 0.0282. The molecule has 0 aliphatic heterocycles. The van der Waals surface area contributed by atoms with Crippen LogP contribution in [0.4, 0.5) is 4.39 Å². The molecule has 1 rings (SSSR count). The van der Waals surface area contributed by atoms with Crippen LogP contribution in [0.2, 0.25) is 0 Å². The summed E-state index contributed by atoms with van der Waals surface area (Å²) in [7, 11) is 1.59. The summed E-state index contributed by atoms with van der Waals surface area (Å²) in [6.07, 6.45) is 2.04. The Labute approximate surface area is 98.9 Å². The van der Waals surface area contributed by atoms with Crippen LogP contribution in [0.5, 0.6) is 5.75 Å². The van der Waals surface area contributed by atoms with E-state index in [1.165, 1.54) is 18.3 Å². The molecule has 0 aromatic carbocycles. The van der Waals surface area contributed by atoms with Gasteiger partial charge in [0, 0.05) is 26.5 Å². The summed E-state index contributed by atoms with van der Waals surface area (Å²) in [5, 5.41) is 2.62. The molecule has 0 atom stereocenters. The van der Waals surface area contributed by atoms with Crippen LogP contribution in [0, 0.1) is 5.95 Å². The lowest BCUT2D eigenvalue weighted by atomic mass is 10.4. The molecule has 0 aliphatic carbocycles. The Kier molecular flexibility index (Phi) is 5.95. The Hall–Kier alpha value is -1.69. The summed E-state index contributed by atoms with van der Waals surface area (Å²) in [5.74, 6) is -1.05. The number of methoxy groups -OCH3 is 1. The second kappa shape index (κ2) is 7.56. The molecule has 1 amide bonds. The molecule has 1 aromatic rings. The van der Waals surface area contributed by atoms with Gasteiger partial charge in [-0.2, -0.15) is 4.39 Å². The molecular weight excluding hydrogens is 227 g/mol. The molecule has 6 heteroatoms. The summed E-state index contributed by atoms with van der Waals surface area (Å²) in [6.45, 7) is 0.861. The summed E-state index contributed by atoms with van der Waals surface area (Å²) in [4.78, 5) is 14.7. The number of hydrogen-bond acceptors (Lipinski definition) is 4. The van der Waals surface area contributed by atoms with Gasteiger partial charge in [0.05, 0.1) is 0 Å². The van der Waals surface area contributed by atoms with Crippen molar-refractivity contribution in [2.75, 3.05) is 26.9 Å². The third-order valence-corrected chi connectivity index (χ3v) is 1.93. The largest absolute Gasteiger partial charge is 0.479 e. The maximum absolute atomic E-state index is 13.0. The molecule has 5 nitrogen and oxygen atoms in total. The van der Waals surface area contributed by atoms with E-state index in [-0.39, 0.29) is 18.3 Å². The first-order chi connectivity index (χ1) is 8.24. The summed E-state index contributed by atoms with van der Waals surface area (Å²) < 4.78 is 22.8. The Bertz CT molecular complexity index is 360. The third kappa shape index (κ3) is 5.26. The normalized spacial score (nSPS) is 10.0. The maximum atomic E-state index is 13.0. The van der Waals surface area contributed by atoms with Gasteiger partial charge in [-0.15, -0.1) is 0 Å². The zero-order chi connectivity index (χ0) is 12.5. The third-order valence-electron chi connectivity index (χ3n) is 1.93. The fourth-order valence-electron chi connectivity index (χ4n) is 1.12. The van der Waals surface area contributed by atoms with Crippen molar-refractivity contribution in [2.24, 2.45) is 0 Å². The average Bonchev–Trinajstić information content (AvgIpc) is 2.34. The molecular formula is C11H15FN2O3. The highest BCUT2D eigenvalue weighted by atomic mass is 19.1. The Morgan fingerprint density at radius 3 is 3.12 bits per heavy atom. The number of rotatable bonds is 7. The number of carbonyl (C=O) groups is 1. The van der Waals surface area contributed by atoms with E-state index in [4.69, 9.17) is 9.47 Å². The molecule has 17 heavy (non-hydrogen) atoms. The second-order valence-electron chi connectivity index (χ2n) is 3.28. The lowest BCUT2D eigenvalue weighted by Gasteiger charge is -2.07. The van der Waals surface area contributed by atoms with Crippen molar-refractivity contribution in [3.05, 3.63) is 24.3 Å². The summed E-state index contributed by atoms with van der Waals surface area (Å²) in [5.41, 5.74) is 0. The van der Waals surface area contributed by atoms with Crippen molar-refractivity contribution in [2.45, 2.75) is 6.42 Å². The Balaban J connectivity index is 2.22. The van der Waals surface area contributed by atoms with Crippen molar-refractivity contribution in [3.8, 4) is 5.75 Å². The van der Waals surface area contributed by atoms with Crippen molar-refractivity contribution < 1.29 is 18.7 Å². The van der Waals surface area contributed by atoms with Gasteiger partial charge in [-0.3, -0.25) is 4.79 Å². The van der Waals surface area contributed by atoms with Gasteiger partial charge in [-0.1, -0.05) is 0 Å². The van der Waals surface area contributed by atoms with Gasteiger partial charge >= 0.3 is 0 Å². The number of halogens is 1. The summed E-state index contributed by atoms with van der Waals surface area (Å²) in [6, 6.07) is 2.95. The monoisotopic (exact) mass is 242 g/mol. The first-order valence-corrected chi connectivity index (χ1v) is 5.23. The van der Waals surface area contributed by atoms with E-state index in [0.29, 0.717) is 13.2 Å². The minimum atomic E-state index is -0.723. The number of carbonyl (C=O) groups excluding carboxylic acids is 1. The van der Waals surface area contributed by atoms with Crippen molar-refractivity contribution in [1.82, 2.24) is 10.3 Å². The fraction of sp³-hybridized carbons (Fsp3) is 0.455. The molecule has 1 heterocycles. The molecule has 0 spiro atoms. The van der Waals surface area contributed by atoms with E-state index in [2.05, 4.69) is 10.3 Å². The van der Waals surface area contributed by atoms with Crippen LogP contribution in [0.1, 0.15) is 6.42 Å². The first-order valence-electron chi connectivity index (χ1n) is 5.23. The molecule has 0 bridgehead atoms. The highest BCUT2D eigenvalue weighted by molar-refractivity contribution is 5.77. The van der Waals surface area contributed by atoms with Gasteiger partial charge in [0.25, 0.3) is 11.9 Å². The van der Waals surface area contributed by atoms with Crippen LogP contribution >= 0.6 is 0 Å². The standard InChI is InChI=1S/C11H15FN2O3/c1-16-7-3-6-13-10(15)8-17-9-4-2-5-14-11(9)12/h2,4-5H,3,6-8H2,1H3,(H,13,15). The van der Waals surface area contributed by atoms with E-state index >= 15 is 0 Å². The first kappa shape index (κ1) is 13.4. The predicted molar refractivity (Wildman–Crippen MR) is 59.2 cm³/mol. The zero-order valence-corrected chi connectivity index (χ0v) is 9.61. The lowest BCUT2D eigenvalue weighted by molar-refractivity contribution is -0.123. The SMILES string of the molecule is COCCCNC(=O)COc1cccnc1F. The molecule has 1 aromatic heterocycles. The van der Waals surface area contributed by atoms with Crippen LogP contribution in [0.3, 0.4) is 0 Å². The predicted octanol–water partition coefficient (Wildman–Crippen LogP) is 0.752. The molecule has 0 aliphatic rings. The van der Waals surface area contributed by atoms with E-state index in [1.807, 2.05) is 0 Å². The summed E-state index contributed by atoms with van der Waals surface area (Å²) >= 11 is 0. The Morgan fingerprint density at radius 2 is 2.41 bits per heavy atom. The molecule has 0 radical (unpaired) electrons. The van der Waals surface area contributed by atoms with Gasteiger partial charge in [0.15, 0.2) is 12.4 Å². The van der Waals surface area contributed by atoms with E-state index < -0.39 is 5.95 Å². The van der Waals surface area contributed by atoms with E-state index in [0.717, 1.165) is 6.42 Å². The number of ether oxygens (including phenoxy) is 2. The highest BCUT2D eigenvalue weighted by Crippen LogP contribution is 2.12. The number of hydrogen-bond donors (Lipinski definition) is 1. The lowest BCUT2D eigenvalue weighted by Crippen LogP contribution is -2.30. The second-order valence-corrected chi connectivity index (χ2v) is 3.28. The highest BCUT2D eigenvalue weighted by Gasteiger charge is 2.06. The van der Waals surface area contributed by atoms with Crippen LogP contribution < -0.4 is 10.1 Å². The van der Waals surface area contributed by atoms with Gasteiger partial charge in [0.2, 0.25) is 0 Å². The molecule has 0 unspecified atom stereocenters. The van der Waals surface area contributed by atoms with Gasteiger partial charge in [-0.05, 0) is 18.6 Å². The van der Waals surface area contributed by atoms with Gasteiger partial charge in [0.1, 0.15) is 0 Å². The quantitative estimate of drug-likeness (QED) is 0.566. The smallest absolute Gasteiger partial charge is 0.257 e. The van der Waals surface area contributed by atoms with E-state index in [9.17, 15) is 9.18 Å². The van der Waals surface area contributed by atoms with Crippen LogP contribution in [0.15, 0.2) is 18.3 Å². The van der Waals surface area contributed by atoms with Crippen LogP contribution in [-0.4, -0.2) is 37.8 Å². The van der Waals surface area contributed by atoms with Crippen LogP contribution in [-0.2, 0) is 9.53 Å². The van der Waals surface area contributed by atoms with Gasteiger partial charge < -0.3 is 14.8 Å². The average molecular weight is 242 g/mol. The number of nitrogens with zero attached hydrogens (tertiary/aromatic N) is 1. The minimum Gasteiger partial charge on any atom is -0.479 e. The number of amides is 1. The molecule has 0 fully saturated rings. The molecule has 0 saturated carbocycles. The van der Waals surface area contributed by atoms with Crippen molar-refractivity contribution >= 4 is 5.91 Å². The molecule has 0 saturated heterocycles. The number of aromatic nitrogens is 1. The van der Waals surface area contributed by atoms with E-state index in [1.54, 1.807) is 7.11 Å².